The Balaban J connectivity index is 1.75. The number of aromatic nitrogens is 1. The topological polar surface area (TPSA) is 45.7 Å². The SMILES string of the molecule is CSC1CCCCN(c2ncc(C(=O)N3CCOCC3)cc2Cl)C1. The fourth-order valence-electron chi connectivity index (χ4n) is 3.22. The molecule has 3 heterocycles. The van der Waals surface area contributed by atoms with Crippen LogP contribution in [-0.2, 0) is 4.74 Å². The van der Waals surface area contributed by atoms with Crippen molar-refractivity contribution in [3.8, 4) is 0 Å². The number of hydrogen-bond acceptors (Lipinski definition) is 5. The summed E-state index contributed by atoms with van der Waals surface area (Å²) in [7, 11) is 0. The van der Waals surface area contributed by atoms with Crippen LogP contribution in [0.3, 0.4) is 0 Å². The van der Waals surface area contributed by atoms with Gasteiger partial charge in [0.05, 0.1) is 23.8 Å². The van der Waals surface area contributed by atoms with Crippen molar-refractivity contribution < 1.29 is 9.53 Å². The molecule has 0 aliphatic carbocycles. The second-order valence-electron chi connectivity index (χ2n) is 6.23. The fourth-order valence-corrected chi connectivity index (χ4v) is 4.23. The largest absolute Gasteiger partial charge is 0.378 e. The van der Waals surface area contributed by atoms with E-state index in [1.165, 1.54) is 12.8 Å². The number of nitrogens with zero attached hydrogens (tertiary/aromatic N) is 3. The molecule has 0 saturated carbocycles. The second-order valence-corrected chi connectivity index (χ2v) is 7.78. The van der Waals surface area contributed by atoms with Gasteiger partial charge in [0.25, 0.3) is 5.91 Å². The zero-order valence-electron chi connectivity index (χ0n) is 14.0. The summed E-state index contributed by atoms with van der Waals surface area (Å²) in [5, 5.41) is 1.18. The molecule has 0 bridgehead atoms. The predicted octanol–water partition coefficient (Wildman–Crippen LogP) is 2.93. The first kappa shape index (κ1) is 17.8. The van der Waals surface area contributed by atoms with Gasteiger partial charge in [-0.3, -0.25) is 4.79 Å². The molecule has 24 heavy (non-hydrogen) atoms. The van der Waals surface area contributed by atoms with Gasteiger partial charge in [-0.25, -0.2) is 4.98 Å². The van der Waals surface area contributed by atoms with Crippen LogP contribution in [-0.4, -0.2) is 66.7 Å². The molecule has 2 aliphatic heterocycles. The van der Waals surface area contributed by atoms with E-state index < -0.39 is 0 Å². The van der Waals surface area contributed by atoms with Crippen LogP contribution in [0.2, 0.25) is 5.02 Å². The molecule has 1 amide bonds. The summed E-state index contributed by atoms with van der Waals surface area (Å²) < 4.78 is 5.30. The van der Waals surface area contributed by atoms with Crippen LogP contribution in [0.25, 0.3) is 0 Å². The van der Waals surface area contributed by atoms with E-state index in [-0.39, 0.29) is 5.91 Å². The van der Waals surface area contributed by atoms with E-state index in [4.69, 9.17) is 16.3 Å². The van der Waals surface area contributed by atoms with E-state index in [9.17, 15) is 4.79 Å². The number of morpholine rings is 1. The maximum atomic E-state index is 12.5. The Morgan fingerprint density at radius 2 is 2.12 bits per heavy atom. The third-order valence-electron chi connectivity index (χ3n) is 4.63. The molecule has 1 unspecified atom stereocenters. The monoisotopic (exact) mass is 369 g/mol. The highest BCUT2D eigenvalue weighted by Crippen LogP contribution is 2.29. The average Bonchev–Trinajstić information content (AvgIpc) is 2.87. The Hall–Kier alpha value is -0.980. The van der Waals surface area contributed by atoms with Gasteiger partial charge in [-0.15, -0.1) is 0 Å². The number of amides is 1. The third kappa shape index (κ3) is 4.16. The number of ether oxygens (including phenoxy) is 1. The molecule has 1 aromatic rings. The van der Waals surface area contributed by atoms with E-state index in [0.29, 0.717) is 42.1 Å². The molecule has 3 rings (SSSR count). The predicted molar refractivity (Wildman–Crippen MR) is 99.3 cm³/mol. The molecule has 0 radical (unpaired) electrons. The molecule has 2 fully saturated rings. The van der Waals surface area contributed by atoms with Crippen LogP contribution in [0.4, 0.5) is 5.82 Å². The highest BCUT2D eigenvalue weighted by atomic mass is 35.5. The Labute approximate surface area is 152 Å². The lowest BCUT2D eigenvalue weighted by Crippen LogP contribution is -2.40. The number of anilines is 1. The highest BCUT2D eigenvalue weighted by Gasteiger charge is 2.23. The number of hydrogen-bond donors (Lipinski definition) is 0. The molecule has 5 nitrogen and oxygen atoms in total. The molecule has 1 atom stereocenters. The lowest BCUT2D eigenvalue weighted by molar-refractivity contribution is 0.0302. The summed E-state index contributed by atoms with van der Waals surface area (Å²) in [4.78, 5) is 21.1. The van der Waals surface area contributed by atoms with Crippen molar-refractivity contribution in [3.05, 3.63) is 22.8 Å². The Morgan fingerprint density at radius 3 is 2.83 bits per heavy atom. The third-order valence-corrected chi connectivity index (χ3v) is 5.96. The summed E-state index contributed by atoms with van der Waals surface area (Å²) in [6.07, 6.45) is 7.46. The van der Waals surface area contributed by atoms with Gasteiger partial charge in [-0.05, 0) is 25.2 Å². The van der Waals surface area contributed by atoms with E-state index in [2.05, 4.69) is 16.1 Å². The van der Waals surface area contributed by atoms with Gasteiger partial charge in [0.1, 0.15) is 5.82 Å². The normalized spacial score (nSPS) is 22.3. The minimum atomic E-state index is -0.0166. The Morgan fingerprint density at radius 1 is 1.33 bits per heavy atom. The summed E-state index contributed by atoms with van der Waals surface area (Å²) >= 11 is 8.39. The first-order chi connectivity index (χ1) is 11.7. The van der Waals surface area contributed by atoms with Gasteiger partial charge in [-0.1, -0.05) is 18.0 Å². The van der Waals surface area contributed by atoms with E-state index in [1.54, 1.807) is 17.2 Å². The van der Waals surface area contributed by atoms with Crippen LogP contribution in [0.15, 0.2) is 12.3 Å². The zero-order valence-corrected chi connectivity index (χ0v) is 15.6. The summed E-state index contributed by atoms with van der Waals surface area (Å²) in [5.74, 6) is 0.785. The Kier molecular flexibility index (Phi) is 6.25. The minimum absolute atomic E-state index is 0.0166. The second kappa shape index (κ2) is 8.41. The van der Waals surface area contributed by atoms with Crippen LogP contribution < -0.4 is 4.90 Å². The molecule has 1 aromatic heterocycles. The molecule has 7 heteroatoms. The maximum absolute atomic E-state index is 12.5. The summed E-state index contributed by atoms with van der Waals surface area (Å²) in [6.45, 7) is 4.37. The van der Waals surface area contributed by atoms with Crippen LogP contribution in [0.1, 0.15) is 29.6 Å². The van der Waals surface area contributed by atoms with E-state index >= 15 is 0 Å². The van der Waals surface area contributed by atoms with Crippen LogP contribution in [0, 0.1) is 0 Å². The molecule has 0 aromatic carbocycles. The van der Waals surface area contributed by atoms with Crippen molar-refractivity contribution in [2.75, 3.05) is 50.5 Å². The highest BCUT2D eigenvalue weighted by molar-refractivity contribution is 7.99. The van der Waals surface area contributed by atoms with Crippen molar-refractivity contribution in [1.82, 2.24) is 9.88 Å². The van der Waals surface area contributed by atoms with Gasteiger partial charge < -0.3 is 14.5 Å². The molecule has 0 spiro atoms. The van der Waals surface area contributed by atoms with E-state index in [0.717, 1.165) is 25.3 Å². The number of pyridine rings is 1. The van der Waals surface area contributed by atoms with Gasteiger partial charge in [0.15, 0.2) is 0 Å². The first-order valence-electron chi connectivity index (χ1n) is 8.49. The standard InChI is InChI=1S/C17H24ClN3O2S/c1-24-14-4-2-3-5-21(12-14)16-15(18)10-13(11-19-16)17(22)20-6-8-23-9-7-20/h10-11,14H,2-9,12H2,1H3. The average molecular weight is 370 g/mol. The summed E-state index contributed by atoms with van der Waals surface area (Å²) in [5.41, 5.74) is 0.557. The Bertz CT molecular complexity index is 581. The number of rotatable bonds is 3. The molecule has 2 saturated heterocycles. The van der Waals surface area contributed by atoms with E-state index in [1.807, 2.05) is 11.8 Å². The molecule has 2 aliphatic rings. The van der Waals surface area contributed by atoms with Gasteiger partial charge in [0.2, 0.25) is 0 Å². The zero-order chi connectivity index (χ0) is 16.9. The fraction of sp³-hybridized carbons (Fsp3) is 0.647. The van der Waals surface area contributed by atoms with Gasteiger partial charge >= 0.3 is 0 Å². The molecular formula is C17H24ClN3O2S. The maximum Gasteiger partial charge on any atom is 0.255 e. The van der Waals surface area contributed by atoms with Gasteiger partial charge in [-0.2, -0.15) is 11.8 Å². The lowest BCUT2D eigenvalue weighted by Gasteiger charge is -2.28. The number of thioether (sulfide) groups is 1. The van der Waals surface area contributed by atoms with Crippen LogP contribution >= 0.6 is 23.4 Å². The quantitative estimate of drug-likeness (QED) is 0.819. The number of carbonyl (C=O) groups is 1. The van der Waals surface area contributed by atoms with Gasteiger partial charge in [0, 0.05) is 37.6 Å². The van der Waals surface area contributed by atoms with Crippen molar-refractivity contribution in [1.29, 1.82) is 0 Å². The summed E-state index contributed by atoms with van der Waals surface area (Å²) in [6, 6.07) is 1.76. The molecule has 0 N–H and O–H groups in total. The van der Waals surface area contributed by atoms with Crippen LogP contribution in [0.5, 0.6) is 0 Å². The van der Waals surface area contributed by atoms with Crippen molar-refractivity contribution in [2.24, 2.45) is 0 Å². The number of carbonyl (C=O) groups excluding carboxylic acids is 1. The number of halogens is 1. The van der Waals surface area contributed by atoms with Crippen molar-refractivity contribution in [2.45, 2.75) is 24.5 Å². The smallest absolute Gasteiger partial charge is 0.255 e. The molecule has 132 valence electrons. The first-order valence-corrected chi connectivity index (χ1v) is 10.2. The molecular weight excluding hydrogens is 346 g/mol. The minimum Gasteiger partial charge on any atom is -0.378 e. The lowest BCUT2D eigenvalue weighted by atomic mass is 10.2. The van der Waals surface area contributed by atoms with Crippen molar-refractivity contribution >= 4 is 35.1 Å². The van der Waals surface area contributed by atoms with Crippen molar-refractivity contribution in [3.63, 3.8) is 0 Å².